The number of hydrogen-bond acceptors (Lipinski definition) is 4. The van der Waals surface area contributed by atoms with Crippen LogP contribution in [0.1, 0.15) is 22.4 Å². The summed E-state index contributed by atoms with van der Waals surface area (Å²) in [6.07, 6.45) is -4.64. The minimum absolute atomic E-state index is 0.0200. The standard InChI is InChI=1S/C29H24Cl2F3N3O3/c1-17-6-9-19-4-3-5-24(28(19)36-17)40-16-21-22(30)12-13-23(27(21)31)37(2)26(39)15-35-25(38)14-18-7-10-20(11-8-18)29(32,33)34/h3-13H,14-16H2,1-2H3,(H,35,38). The minimum Gasteiger partial charge on any atom is -0.487 e. The van der Waals surface area contributed by atoms with Crippen LogP contribution in [0.5, 0.6) is 5.75 Å². The molecular weight excluding hydrogens is 566 g/mol. The molecule has 0 fully saturated rings. The molecule has 208 valence electrons. The third-order valence-electron chi connectivity index (χ3n) is 6.18. The van der Waals surface area contributed by atoms with Gasteiger partial charge in [0.1, 0.15) is 17.9 Å². The van der Waals surface area contributed by atoms with Crippen molar-refractivity contribution in [3.05, 3.63) is 99.2 Å². The lowest BCUT2D eigenvalue weighted by Crippen LogP contribution is -2.39. The first-order valence-electron chi connectivity index (χ1n) is 12.1. The van der Waals surface area contributed by atoms with Gasteiger partial charge in [0.2, 0.25) is 11.8 Å². The first-order chi connectivity index (χ1) is 18.9. The first-order valence-corrected chi connectivity index (χ1v) is 12.8. The van der Waals surface area contributed by atoms with Crippen molar-refractivity contribution >= 4 is 51.6 Å². The van der Waals surface area contributed by atoms with Gasteiger partial charge in [0.25, 0.3) is 0 Å². The molecule has 4 aromatic rings. The van der Waals surface area contributed by atoms with Crippen LogP contribution >= 0.6 is 23.2 Å². The number of alkyl halides is 3. The molecule has 0 aliphatic carbocycles. The number of likely N-dealkylation sites (N-methyl/N-ethyl adjacent to an activating group) is 1. The summed E-state index contributed by atoms with van der Waals surface area (Å²) >= 11 is 13.0. The molecule has 6 nitrogen and oxygen atoms in total. The number of hydrogen-bond donors (Lipinski definition) is 1. The number of ether oxygens (including phenoxy) is 1. The molecule has 0 atom stereocenters. The monoisotopic (exact) mass is 589 g/mol. The smallest absolute Gasteiger partial charge is 0.416 e. The number of pyridine rings is 1. The first kappa shape index (κ1) is 29.2. The maximum absolute atomic E-state index is 12.8. The maximum atomic E-state index is 12.8. The highest BCUT2D eigenvalue weighted by Crippen LogP contribution is 2.35. The summed E-state index contributed by atoms with van der Waals surface area (Å²) < 4.78 is 44.2. The molecule has 4 rings (SSSR count). The Morgan fingerprint density at radius 2 is 1.73 bits per heavy atom. The van der Waals surface area contributed by atoms with Crippen LogP contribution in [-0.4, -0.2) is 30.4 Å². The van der Waals surface area contributed by atoms with Crippen LogP contribution in [0.3, 0.4) is 0 Å². The number of aryl methyl sites for hydroxylation is 1. The fourth-order valence-corrected chi connectivity index (χ4v) is 4.55. The van der Waals surface area contributed by atoms with Gasteiger partial charge in [0.05, 0.1) is 29.2 Å². The second-order valence-electron chi connectivity index (χ2n) is 9.03. The molecule has 0 radical (unpaired) electrons. The number of halogens is 5. The number of fused-ring (bicyclic) bond motifs is 1. The Balaban J connectivity index is 1.40. The Hall–Kier alpha value is -3.82. The molecule has 40 heavy (non-hydrogen) atoms. The predicted molar refractivity (Wildman–Crippen MR) is 149 cm³/mol. The van der Waals surface area contributed by atoms with E-state index in [1.807, 2.05) is 31.2 Å². The number of nitrogens with zero attached hydrogens (tertiary/aromatic N) is 2. The lowest BCUT2D eigenvalue weighted by Gasteiger charge is -2.21. The van der Waals surface area contributed by atoms with Crippen molar-refractivity contribution in [2.45, 2.75) is 26.1 Å². The second-order valence-corrected chi connectivity index (χ2v) is 9.81. The Morgan fingerprint density at radius 1 is 1.00 bits per heavy atom. The van der Waals surface area contributed by atoms with Crippen LogP contribution in [0.25, 0.3) is 10.9 Å². The van der Waals surface area contributed by atoms with E-state index < -0.39 is 23.6 Å². The van der Waals surface area contributed by atoms with Crippen molar-refractivity contribution < 1.29 is 27.5 Å². The van der Waals surface area contributed by atoms with Crippen molar-refractivity contribution in [2.75, 3.05) is 18.5 Å². The van der Waals surface area contributed by atoms with E-state index in [0.717, 1.165) is 23.2 Å². The highest BCUT2D eigenvalue weighted by Gasteiger charge is 2.30. The summed E-state index contributed by atoms with van der Waals surface area (Å²) in [6.45, 7) is 1.56. The summed E-state index contributed by atoms with van der Waals surface area (Å²) in [7, 11) is 1.50. The topological polar surface area (TPSA) is 71.5 Å². The molecule has 0 aliphatic rings. The van der Waals surface area contributed by atoms with E-state index in [1.54, 1.807) is 18.2 Å². The Labute approximate surface area is 238 Å². The summed E-state index contributed by atoms with van der Waals surface area (Å²) in [5.41, 5.74) is 1.95. The number of para-hydroxylation sites is 1. The Bertz CT molecular complexity index is 1560. The van der Waals surface area contributed by atoms with Gasteiger partial charge in [0.15, 0.2) is 0 Å². The summed E-state index contributed by atoms with van der Waals surface area (Å²) in [5.74, 6) is -0.429. The van der Waals surface area contributed by atoms with Gasteiger partial charge in [-0.25, -0.2) is 4.98 Å². The molecule has 0 saturated heterocycles. The number of rotatable bonds is 8. The predicted octanol–water partition coefficient (Wildman–Crippen LogP) is 6.77. The lowest BCUT2D eigenvalue weighted by atomic mass is 10.1. The van der Waals surface area contributed by atoms with E-state index in [2.05, 4.69) is 10.3 Å². The van der Waals surface area contributed by atoms with Gasteiger partial charge in [0, 0.05) is 28.7 Å². The maximum Gasteiger partial charge on any atom is 0.416 e. The van der Waals surface area contributed by atoms with Gasteiger partial charge in [-0.3, -0.25) is 9.59 Å². The van der Waals surface area contributed by atoms with Crippen molar-refractivity contribution in [3.63, 3.8) is 0 Å². The summed E-state index contributed by atoms with van der Waals surface area (Å²) in [4.78, 5) is 30.9. The quantitative estimate of drug-likeness (QED) is 0.246. The van der Waals surface area contributed by atoms with E-state index in [9.17, 15) is 22.8 Å². The Morgan fingerprint density at radius 3 is 2.42 bits per heavy atom. The van der Waals surface area contributed by atoms with Gasteiger partial charge < -0.3 is 15.0 Å². The van der Waals surface area contributed by atoms with Crippen molar-refractivity contribution in [3.8, 4) is 5.75 Å². The number of carbonyl (C=O) groups excluding carboxylic acids is 2. The molecule has 0 bridgehead atoms. The van der Waals surface area contributed by atoms with Gasteiger partial charge >= 0.3 is 6.18 Å². The van der Waals surface area contributed by atoms with Crippen LogP contribution in [0.15, 0.2) is 66.7 Å². The lowest BCUT2D eigenvalue weighted by molar-refractivity contribution is -0.137. The van der Waals surface area contributed by atoms with Crippen LogP contribution in [0.2, 0.25) is 10.0 Å². The molecule has 1 aromatic heterocycles. The van der Waals surface area contributed by atoms with Crippen LogP contribution in [0.4, 0.5) is 18.9 Å². The van der Waals surface area contributed by atoms with E-state index in [-0.39, 0.29) is 24.6 Å². The molecule has 1 heterocycles. The number of nitrogens with one attached hydrogen (secondary N) is 1. The van der Waals surface area contributed by atoms with Crippen molar-refractivity contribution in [1.82, 2.24) is 10.3 Å². The van der Waals surface area contributed by atoms with E-state index >= 15 is 0 Å². The SMILES string of the molecule is Cc1ccc2cccc(OCc3c(Cl)ccc(N(C)C(=O)CNC(=O)Cc4ccc(C(F)(F)F)cc4)c3Cl)c2n1. The number of amides is 2. The van der Waals surface area contributed by atoms with Gasteiger partial charge in [-0.2, -0.15) is 13.2 Å². The molecule has 0 saturated carbocycles. The van der Waals surface area contributed by atoms with E-state index in [0.29, 0.717) is 33.1 Å². The highest BCUT2D eigenvalue weighted by molar-refractivity contribution is 6.38. The minimum atomic E-state index is -4.46. The third kappa shape index (κ3) is 6.84. The van der Waals surface area contributed by atoms with Crippen LogP contribution in [0, 0.1) is 6.92 Å². The fraction of sp³-hybridized carbons (Fsp3) is 0.207. The molecule has 0 unspecified atom stereocenters. The molecule has 0 aliphatic heterocycles. The molecule has 0 spiro atoms. The number of anilines is 1. The van der Waals surface area contributed by atoms with Crippen LogP contribution < -0.4 is 15.0 Å². The zero-order chi connectivity index (χ0) is 29.0. The largest absolute Gasteiger partial charge is 0.487 e. The average Bonchev–Trinajstić information content (AvgIpc) is 2.91. The number of aromatic nitrogens is 1. The van der Waals surface area contributed by atoms with E-state index in [4.69, 9.17) is 27.9 Å². The summed E-state index contributed by atoms with van der Waals surface area (Å²) in [6, 6.07) is 16.9. The average molecular weight is 590 g/mol. The molecule has 11 heteroatoms. The van der Waals surface area contributed by atoms with Gasteiger partial charge in [-0.15, -0.1) is 0 Å². The fourth-order valence-electron chi connectivity index (χ4n) is 3.95. The highest BCUT2D eigenvalue weighted by atomic mass is 35.5. The molecular formula is C29H24Cl2F3N3O3. The number of benzene rings is 3. The van der Waals surface area contributed by atoms with Crippen molar-refractivity contribution in [2.24, 2.45) is 0 Å². The third-order valence-corrected chi connectivity index (χ3v) is 6.95. The normalized spacial score (nSPS) is 11.4. The van der Waals surface area contributed by atoms with Gasteiger partial charge in [-0.1, -0.05) is 53.5 Å². The van der Waals surface area contributed by atoms with Crippen molar-refractivity contribution in [1.29, 1.82) is 0 Å². The zero-order valence-electron chi connectivity index (χ0n) is 21.5. The van der Waals surface area contributed by atoms with Crippen LogP contribution in [-0.2, 0) is 28.8 Å². The Kier molecular flexibility index (Phi) is 8.85. The second kappa shape index (κ2) is 12.1. The number of carbonyl (C=O) groups is 2. The molecule has 2 amide bonds. The molecule has 3 aromatic carbocycles. The molecule has 1 N–H and O–H groups in total. The summed E-state index contributed by atoms with van der Waals surface area (Å²) in [5, 5.41) is 3.97. The van der Waals surface area contributed by atoms with Gasteiger partial charge in [-0.05, 0) is 48.9 Å². The van der Waals surface area contributed by atoms with E-state index in [1.165, 1.54) is 24.1 Å². The zero-order valence-corrected chi connectivity index (χ0v) is 23.0.